The van der Waals surface area contributed by atoms with Gasteiger partial charge in [0.05, 0.1) is 12.0 Å². The first-order valence-electron chi connectivity index (χ1n) is 6.70. The molecule has 0 aromatic heterocycles. The molecule has 4 heteroatoms. The van der Waals surface area contributed by atoms with E-state index in [1.807, 2.05) is 31.2 Å². The largest absolute Gasteiger partial charge is 0.447 e. The van der Waals surface area contributed by atoms with Crippen molar-refractivity contribution in [3.8, 4) is 0 Å². The first-order valence-corrected chi connectivity index (χ1v) is 7.58. The molecular formula is C17H14O3S. The number of carbonyl (C=O) groups is 2. The molecule has 0 saturated heterocycles. The van der Waals surface area contributed by atoms with Crippen molar-refractivity contribution in [2.45, 2.75) is 23.7 Å². The summed E-state index contributed by atoms with van der Waals surface area (Å²) < 4.78 is 5.33. The molecule has 2 aromatic rings. The average Bonchev–Trinajstić information content (AvgIpc) is 2.48. The van der Waals surface area contributed by atoms with E-state index in [2.05, 4.69) is 0 Å². The summed E-state index contributed by atoms with van der Waals surface area (Å²) in [7, 11) is 0. The molecule has 0 spiro atoms. The van der Waals surface area contributed by atoms with Gasteiger partial charge >= 0.3 is 5.97 Å². The lowest BCUT2D eigenvalue weighted by Gasteiger charge is -2.23. The van der Waals surface area contributed by atoms with Crippen LogP contribution in [-0.4, -0.2) is 17.2 Å². The third-order valence-electron chi connectivity index (χ3n) is 3.33. The number of Topliss-reactive ketones (excluding diaryl/α,β-unsaturated/α-hetero) is 1. The Morgan fingerprint density at radius 3 is 2.62 bits per heavy atom. The van der Waals surface area contributed by atoms with Gasteiger partial charge in [-0.25, -0.2) is 4.79 Å². The zero-order valence-electron chi connectivity index (χ0n) is 11.5. The fraction of sp³-hybridized carbons (Fsp3) is 0.176. The van der Waals surface area contributed by atoms with E-state index in [-0.39, 0.29) is 18.2 Å². The summed E-state index contributed by atoms with van der Waals surface area (Å²) in [4.78, 5) is 25.0. The second-order valence-electron chi connectivity index (χ2n) is 4.94. The Kier molecular flexibility index (Phi) is 3.80. The van der Waals surface area contributed by atoms with Gasteiger partial charge in [-0.05, 0) is 19.1 Å². The Labute approximate surface area is 127 Å². The second-order valence-corrected chi connectivity index (χ2v) is 6.14. The topological polar surface area (TPSA) is 43.4 Å². The van der Waals surface area contributed by atoms with Crippen LogP contribution in [0.25, 0.3) is 0 Å². The molecule has 0 saturated carbocycles. The Balaban J connectivity index is 1.73. The van der Waals surface area contributed by atoms with Crippen molar-refractivity contribution in [2.75, 3.05) is 0 Å². The number of ketones is 1. The number of aryl methyl sites for hydroxylation is 1. The maximum atomic E-state index is 12.2. The first kappa shape index (κ1) is 13.9. The van der Waals surface area contributed by atoms with Gasteiger partial charge in [0, 0.05) is 10.5 Å². The zero-order valence-corrected chi connectivity index (χ0v) is 12.4. The molecule has 1 aliphatic heterocycles. The van der Waals surface area contributed by atoms with Gasteiger partial charge in [-0.1, -0.05) is 53.7 Å². The van der Waals surface area contributed by atoms with Crippen LogP contribution >= 0.6 is 11.8 Å². The standard InChI is InChI=1S/C17H14O3S/c1-11-6-8-12(9-7-11)14(18)10-16-20-17(19)13-4-2-3-5-15(13)21-16/h2-9,16H,10H2,1H3. The maximum Gasteiger partial charge on any atom is 0.340 e. The smallest absolute Gasteiger partial charge is 0.340 e. The second kappa shape index (κ2) is 5.74. The fourth-order valence-corrected chi connectivity index (χ4v) is 3.27. The number of benzene rings is 2. The van der Waals surface area contributed by atoms with Gasteiger partial charge in [0.2, 0.25) is 0 Å². The molecule has 3 nitrogen and oxygen atoms in total. The highest BCUT2D eigenvalue weighted by Gasteiger charge is 2.28. The van der Waals surface area contributed by atoms with E-state index >= 15 is 0 Å². The van der Waals surface area contributed by atoms with E-state index in [0.29, 0.717) is 11.1 Å². The van der Waals surface area contributed by atoms with Crippen molar-refractivity contribution in [3.63, 3.8) is 0 Å². The van der Waals surface area contributed by atoms with Gasteiger partial charge < -0.3 is 4.74 Å². The number of carbonyl (C=O) groups excluding carboxylic acids is 2. The van der Waals surface area contributed by atoms with Crippen LogP contribution in [0.2, 0.25) is 0 Å². The van der Waals surface area contributed by atoms with Crippen molar-refractivity contribution in [1.82, 2.24) is 0 Å². The minimum Gasteiger partial charge on any atom is -0.447 e. The van der Waals surface area contributed by atoms with Crippen LogP contribution in [0, 0.1) is 6.92 Å². The Morgan fingerprint density at radius 2 is 1.86 bits per heavy atom. The highest BCUT2D eigenvalue weighted by atomic mass is 32.2. The van der Waals surface area contributed by atoms with E-state index in [0.717, 1.165) is 10.5 Å². The van der Waals surface area contributed by atoms with Gasteiger partial charge in [-0.3, -0.25) is 4.79 Å². The summed E-state index contributed by atoms with van der Waals surface area (Å²) in [5.41, 5.74) is 1.87. The third-order valence-corrected chi connectivity index (χ3v) is 4.47. The highest BCUT2D eigenvalue weighted by Crippen LogP contribution is 2.35. The molecule has 1 unspecified atom stereocenters. The molecule has 0 bridgehead atoms. The first-order chi connectivity index (χ1) is 10.1. The fourth-order valence-electron chi connectivity index (χ4n) is 2.18. The minimum atomic E-state index is -0.457. The molecule has 2 aromatic carbocycles. The van der Waals surface area contributed by atoms with Crippen molar-refractivity contribution in [2.24, 2.45) is 0 Å². The van der Waals surface area contributed by atoms with Gasteiger partial charge in [0.25, 0.3) is 0 Å². The van der Waals surface area contributed by atoms with Crippen LogP contribution in [0.1, 0.15) is 32.7 Å². The summed E-state index contributed by atoms with van der Waals surface area (Å²) in [6, 6.07) is 14.7. The van der Waals surface area contributed by atoms with Crippen LogP contribution in [-0.2, 0) is 4.74 Å². The number of hydrogen-bond donors (Lipinski definition) is 0. The lowest BCUT2D eigenvalue weighted by molar-refractivity contribution is 0.0428. The van der Waals surface area contributed by atoms with E-state index in [1.54, 1.807) is 24.3 Å². The number of fused-ring (bicyclic) bond motifs is 1. The molecule has 21 heavy (non-hydrogen) atoms. The van der Waals surface area contributed by atoms with E-state index in [9.17, 15) is 9.59 Å². The molecule has 0 fully saturated rings. The number of esters is 1. The average molecular weight is 298 g/mol. The van der Waals surface area contributed by atoms with Crippen molar-refractivity contribution in [1.29, 1.82) is 0 Å². The lowest BCUT2D eigenvalue weighted by Crippen LogP contribution is -2.23. The van der Waals surface area contributed by atoms with E-state index in [1.165, 1.54) is 11.8 Å². The molecule has 0 amide bonds. The van der Waals surface area contributed by atoms with E-state index < -0.39 is 5.44 Å². The predicted octanol–water partition coefficient (Wildman–Crippen LogP) is 3.86. The number of rotatable bonds is 3. The van der Waals surface area contributed by atoms with Gasteiger partial charge in [0.15, 0.2) is 11.2 Å². The predicted molar refractivity (Wildman–Crippen MR) is 81.6 cm³/mol. The molecule has 1 heterocycles. The molecule has 1 aliphatic rings. The lowest BCUT2D eigenvalue weighted by atomic mass is 10.1. The molecule has 0 N–H and O–H groups in total. The molecule has 3 rings (SSSR count). The number of thioether (sulfide) groups is 1. The normalized spacial score (nSPS) is 17.0. The Bertz CT molecular complexity index is 691. The summed E-state index contributed by atoms with van der Waals surface area (Å²) in [5.74, 6) is -0.370. The van der Waals surface area contributed by atoms with Gasteiger partial charge in [-0.15, -0.1) is 0 Å². The summed E-state index contributed by atoms with van der Waals surface area (Å²) in [5, 5.41) is 0. The maximum absolute atomic E-state index is 12.2. The summed E-state index contributed by atoms with van der Waals surface area (Å²) in [6.07, 6.45) is 0.188. The van der Waals surface area contributed by atoms with Crippen LogP contribution in [0.15, 0.2) is 53.4 Å². The molecular weight excluding hydrogens is 284 g/mol. The van der Waals surface area contributed by atoms with Crippen molar-refractivity contribution in [3.05, 3.63) is 65.2 Å². The Morgan fingerprint density at radius 1 is 1.14 bits per heavy atom. The van der Waals surface area contributed by atoms with Crippen molar-refractivity contribution >= 4 is 23.5 Å². The minimum absolute atomic E-state index is 0.0142. The molecule has 0 aliphatic carbocycles. The number of hydrogen-bond acceptors (Lipinski definition) is 4. The molecule has 106 valence electrons. The number of cyclic esters (lactones) is 1. The summed E-state index contributed by atoms with van der Waals surface area (Å²) in [6.45, 7) is 1.98. The SMILES string of the molecule is Cc1ccc(C(=O)CC2OC(=O)c3ccccc3S2)cc1. The number of ether oxygens (including phenoxy) is 1. The quantitative estimate of drug-likeness (QED) is 0.637. The Hall–Kier alpha value is -2.07. The molecule has 0 radical (unpaired) electrons. The van der Waals surface area contributed by atoms with Crippen LogP contribution in [0.3, 0.4) is 0 Å². The third kappa shape index (κ3) is 3.00. The van der Waals surface area contributed by atoms with Crippen LogP contribution in [0.4, 0.5) is 0 Å². The molecule has 1 atom stereocenters. The van der Waals surface area contributed by atoms with E-state index in [4.69, 9.17) is 4.74 Å². The summed E-state index contributed by atoms with van der Waals surface area (Å²) >= 11 is 1.42. The van der Waals surface area contributed by atoms with Gasteiger partial charge in [-0.2, -0.15) is 0 Å². The van der Waals surface area contributed by atoms with Gasteiger partial charge in [0.1, 0.15) is 0 Å². The zero-order chi connectivity index (χ0) is 14.8. The highest BCUT2D eigenvalue weighted by molar-refractivity contribution is 8.00. The van der Waals surface area contributed by atoms with Crippen molar-refractivity contribution < 1.29 is 14.3 Å². The van der Waals surface area contributed by atoms with Crippen LogP contribution in [0.5, 0.6) is 0 Å². The van der Waals surface area contributed by atoms with Crippen LogP contribution < -0.4 is 0 Å². The monoisotopic (exact) mass is 298 g/mol.